The molecule has 0 fully saturated rings. The maximum Gasteiger partial charge on any atom is 0.0666 e. The van der Waals surface area contributed by atoms with Crippen LogP contribution in [0.2, 0.25) is 0 Å². The summed E-state index contributed by atoms with van der Waals surface area (Å²) in [5, 5.41) is 7.56. The van der Waals surface area contributed by atoms with Crippen molar-refractivity contribution in [2.75, 3.05) is 11.1 Å². The zero-order valence-electron chi connectivity index (χ0n) is 10.6. The van der Waals surface area contributed by atoms with Crippen LogP contribution in [0.15, 0.2) is 60.9 Å². The van der Waals surface area contributed by atoms with Gasteiger partial charge >= 0.3 is 0 Å². The first-order valence-corrected chi connectivity index (χ1v) is 7.22. The highest BCUT2D eigenvalue weighted by Crippen LogP contribution is 2.25. The van der Waals surface area contributed by atoms with Crippen molar-refractivity contribution in [3.63, 3.8) is 0 Å². The van der Waals surface area contributed by atoms with Crippen molar-refractivity contribution in [3.05, 3.63) is 64.5 Å². The molecule has 1 heterocycles. The molecule has 3 aromatic rings. The molecule has 0 aliphatic heterocycles. The van der Waals surface area contributed by atoms with Crippen molar-refractivity contribution < 1.29 is 0 Å². The van der Waals surface area contributed by atoms with Gasteiger partial charge in [-0.25, -0.2) is 4.68 Å². The summed E-state index contributed by atoms with van der Waals surface area (Å²) in [6.07, 6.45) is 3.68. The maximum absolute atomic E-state index is 6.02. The summed E-state index contributed by atoms with van der Waals surface area (Å²) in [5.74, 6) is 0. The molecule has 1 aromatic heterocycles. The highest BCUT2D eigenvalue weighted by Gasteiger charge is 2.02. The highest BCUT2D eigenvalue weighted by molar-refractivity contribution is 14.1. The van der Waals surface area contributed by atoms with Crippen LogP contribution in [0.25, 0.3) is 5.69 Å². The van der Waals surface area contributed by atoms with E-state index >= 15 is 0 Å². The molecule has 0 saturated carbocycles. The number of nitrogens with one attached hydrogen (secondary N) is 1. The van der Waals surface area contributed by atoms with Crippen LogP contribution in [-0.2, 0) is 0 Å². The van der Waals surface area contributed by atoms with Gasteiger partial charge in [0.25, 0.3) is 0 Å². The van der Waals surface area contributed by atoms with E-state index < -0.39 is 0 Å². The Bertz CT molecular complexity index is 722. The van der Waals surface area contributed by atoms with Crippen LogP contribution in [0.4, 0.5) is 17.1 Å². The van der Waals surface area contributed by atoms with Gasteiger partial charge in [0.05, 0.1) is 17.1 Å². The minimum absolute atomic E-state index is 0.737. The number of nitrogens with two attached hydrogens (primary N) is 1. The Balaban J connectivity index is 1.89. The SMILES string of the molecule is Nc1cc(I)ccc1Nc1cccc(-n2cccn2)c1. The smallest absolute Gasteiger partial charge is 0.0666 e. The molecule has 0 amide bonds. The Hall–Kier alpha value is -2.02. The average molecular weight is 376 g/mol. The number of aromatic nitrogens is 2. The van der Waals surface area contributed by atoms with Crippen molar-refractivity contribution in [2.24, 2.45) is 0 Å². The predicted molar refractivity (Wildman–Crippen MR) is 90.4 cm³/mol. The molecule has 0 atom stereocenters. The Morgan fingerprint density at radius 1 is 1.10 bits per heavy atom. The first kappa shape index (κ1) is 13.0. The number of nitrogen functional groups attached to an aromatic ring is 1. The fourth-order valence-electron chi connectivity index (χ4n) is 1.95. The molecule has 100 valence electrons. The van der Waals surface area contributed by atoms with Gasteiger partial charge in [-0.15, -0.1) is 0 Å². The fraction of sp³-hybridized carbons (Fsp3) is 0. The zero-order chi connectivity index (χ0) is 13.9. The van der Waals surface area contributed by atoms with Gasteiger partial charge in [-0.05, 0) is 65.1 Å². The van der Waals surface area contributed by atoms with Gasteiger partial charge in [0.15, 0.2) is 0 Å². The lowest BCUT2D eigenvalue weighted by Gasteiger charge is -2.11. The topological polar surface area (TPSA) is 55.9 Å². The maximum atomic E-state index is 6.02. The monoisotopic (exact) mass is 376 g/mol. The quantitative estimate of drug-likeness (QED) is 0.540. The molecule has 0 aliphatic rings. The standard InChI is InChI=1S/C15H13IN4/c16-11-5-6-15(14(17)9-11)19-12-3-1-4-13(10-12)20-8-2-7-18-20/h1-10,19H,17H2. The summed E-state index contributed by atoms with van der Waals surface area (Å²) in [7, 11) is 0. The van der Waals surface area contributed by atoms with E-state index in [-0.39, 0.29) is 0 Å². The van der Waals surface area contributed by atoms with Crippen molar-refractivity contribution in [3.8, 4) is 5.69 Å². The summed E-state index contributed by atoms with van der Waals surface area (Å²) in [6, 6.07) is 15.9. The minimum Gasteiger partial charge on any atom is -0.397 e. The molecule has 5 heteroatoms. The molecule has 2 aromatic carbocycles. The minimum atomic E-state index is 0.737. The number of nitrogens with zero attached hydrogens (tertiary/aromatic N) is 2. The summed E-state index contributed by atoms with van der Waals surface area (Å²) in [6.45, 7) is 0. The van der Waals surface area contributed by atoms with Crippen molar-refractivity contribution in [1.82, 2.24) is 9.78 Å². The first-order valence-electron chi connectivity index (χ1n) is 6.14. The number of hydrogen-bond donors (Lipinski definition) is 2. The zero-order valence-corrected chi connectivity index (χ0v) is 12.8. The molecular formula is C15H13IN4. The number of halogens is 1. The summed E-state index contributed by atoms with van der Waals surface area (Å²) >= 11 is 2.25. The lowest BCUT2D eigenvalue weighted by atomic mass is 10.2. The molecular weight excluding hydrogens is 363 g/mol. The average Bonchev–Trinajstić information content (AvgIpc) is 2.96. The highest BCUT2D eigenvalue weighted by atomic mass is 127. The van der Waals surface area contributed by atoms with E-state index in [2.05, 4.69) is 33.0 Å². The van der Waals surface area contributed by atoms with E-state index in [1.54, 1.807) is 6.20 Å². The van der Waals surface area contributed by atoms with Gasteiger partial charge in [-0.3, -0.25) is 0 Å². The molecule has 0 unspecified atom stereocenters. The van der Waals surface area contributed by atoms with E-state index in [1.807, 2.05) is 59.4 Å². The van der Waals surface area contributed by atoms with Crippen LogP contribution in [0.1, 0.15) is 0 Å². The van der Waals surface area contributed by atoms with Crippen LogP contribution in [0, 0.1) is 3.57 Å². The number of anilines is 3. The molecule has 20 heavy (non-hydrogen) atoms. The largest absolute Gasteiger partial charge is 0.397 e. The van der Waals surface area contributed by atoms with Gasteiger partial charge in [-0.2, -0.15) is 5.10 Å². The normalized spacial score (nSPS) is 10.4. The second-order valence-corrected chi connectivity index (χ2v) is 5.60. The summed E-state index contributed by atoms with van der Waals surface area (Å²) < 4.78 is 2.94. The summed E-state index contributed by atoms with van der Waals surface area (Å²) in [4.78, 5) is 0. The number of benzene rings is 2. The van der Waals surface area contributed by atoms with Gasteiger partial charge < -0.3 is 11.1 Å². The van der Waals surface area contributed by atoms with Gasteiger partial charge in [-0.1, -0.05) is 6.07 Å². The van der Waals surface area contributed by atoms with Crippen LogP contribution in [0.3, 0.4) is 0 Å². The molecule has 4 nitrogen and oxygen atoms in total. The van der Waals surface area contributed by atoms with E-state index in [9.17, 15) is 0 Å². The second-order valence-electron chi connectivity index (χ2n) is 4.36. The summed E-state index contributed by atoms with van der Waals surface area (Å²) in [5.41, 5.74) is 9.64. The molecule has 0 aliphatic carbocycles. The third kappa shape index (κ3) is 2.77. The number of rotatable bonds is 3. The Morgan fingerprint density at radius 2 is 2.00 bits per heavy atom. The molecule has 0 bridgehead atoms. The molecule has 0 spiro atoms. The Morgan fingerprint density at radius 3 is 2.75 bits per heavy atom. The molecule has 3 N–H and O–H groups in total. The van der Waals surface area contributed by atoms with Crippen LogP contribution in [-0.4, -0.2) is 9.78 Å². The van der Waals surface area contributed by atoms with Crippen LogP contribution >= 0.6 is 22.6 Å². The second kappa shape index (κ2) is 5.54. The lowest BCUT2D eigenvalue weighted by Crippen LogP contribution is -1.99. The van der Waals surface area contributed by atoms with E-state index in [0.717, 1.165) is 26.3 Å². The van der Waals surface area contributed by atoms with Gasteiger partial charge in [0.1, 0.15) is 0 Å². The van der Waals surface area contributed by atoms with Gasteiger partial charge in [0, 0.05) is 21.7 Å². The predicted octanol–water partition coefficient (Wildman–Crippen LogP) is 3.80. The van der Waals surface area contributed by atoms with Crippen LogP contribution < -0.4 is 11.1 Å². The molecule has 0 saturated heterocycles. The third-order valence-corrected chi connectivity index (χ3v) is 3.58. The van der Waals surface area contributed by atoms with Crippen molar-refractivity contribution in [2.45, 2.75) is 0 Å². The Kier molecular flexibility index (Phi) is 3.60. The number of hydrogen-bond acceptors (Lipinski definition) is 3. The van der Waals surface area contributed by atoms with E-state index in [4.69, 9.17) is 5.73 Å². The van der Waals surface area contributed by atoms with Crippen LogP contribution in [0.5, 0.6) is 0 Å². The molecule has 0 radical (unpaired) electrons. The van der Waals surface area contributed by atoms with Crippen molar-refractivity contribution >= 4 is 39.7 Å². The lowest BCUT2D eigenvalue weighted by molar-refractivity contribution is 0.881. The fourth-order valence-corrected chi connectivity index (χ4v) is 2.47. The van der Waals surface area contributed by atoms with Gasteiger partial charge in [0.2, 0.25) is 0 Å². The Labute approximate surface area is 130 Å². The molecule has 3 rings (SSSR count). The van der Waals surface area contributed by atoms with E-state index in [0.29, 0.717) is 0 Å². The van der Waals surface area contributed by atoms with Crippen molar-refractivity contribution in [1.29, 1.82) is 0 Å². The first-order chi connectivity index (χ1) is 9.72. The van der Waals surface area contributed by atoms with E-state index in [1.165, 1.54) is 0 Å². The third-order valence-electron chi connectivity index (χ3n) is 2.91.